The molecule has 1 aromatic heterocycles. The van der Waals surface area contributed by atoms with E-state index >= 15 is 0 Å². The SMILES string of the molecule is Cc1ccc(C)c(S(=O)(=O)CCN2CCC[C@@H]2c2cnn(C)c2)c1. The number of likely N-dealkylation sites (tertiary alicyclic amines) is 1. The lowest BCUT2D eigenvalue weighted by Gasteiger charge is -2.23. The van der Waals surface area contributed by atoms with Crippen molar-refractivity contribution in [1.29, 1.82) is 0 Å². The molecule has 1 aromatic carbocycles. The topological polar surface area (TPSA) is 55.2 Å². The fourth-order valence-corrected chi connectivity index (χ4v) is 5.09. The highest BCUT2D eigenvalue weighted by atomic mass is 32.2. The number of hydrogen-bond acceptors (Lipinski definition) is 4. The van der Waals surface area contributed by atoms with Crippen LogP contribution in [0.3, 0.4) is 0 Å². The molecule has 0 aliphatic carbocycles. The summed E-state index contributed by atoms with van der Waals surface area (Å²) in [5.41, 5.74) is 2.98. The summed E-state index contributed by atoms with van der Waals surface area (Å²) < 4.78 is 27.3. The van der Waals surface area contributed by atoms with Crippen LogP contribution in [-0.4, -0.2) is 41.9 Å². The Bertz CT molecular complexity index is 827. The van der Waals surface area contributed by atoms with Crippen LogP contribution in [0.4, 0.5) is 0 Å². The van der Waals surface area contributed by atoms with E-state index in [0.29, 0.717) is 11.4 Å². The average molecular weight is 347 g/mol. The highest BCUT2D eigenvalue weighted by molar-refractivity contribution is 7.91. The molecule has 1 saturated heterocycles. The molecule has 2 aromatic rings. The van der Waals surface area contributed by atoms with Gasteiger partial charge in [-0.3, -0.25) is 9.58 Å². The van der Waals surface area contributed by atoms with Gasteiger partial charge in [-0.2, -0.15) is 5.10 Å². The lowest BCUT2D eigenvalue weighted by molar-refractivity contribution is 0.272. The third-order valence-corrected chi connectivity index (χ3v) is 6.63. The first-order chi connectivity index (χ1) is 11.4. The normalized spacial score (nSPS) is 19.0. The van der Waals surface area contributed by atoms with Gasteiger partial charge in [0.15, 0.2) is 9.84 Å². The first-order valence-electron chi connectivity index (χ1n) is 8.39. The van der Waals surface area contributed by atoms with Gasteiger partial charge in [-0.1, -0.05) is 12.1 Å². The van der Waals surface area contributed by atoms with Gasteiger partial charge in [-0.25, -0.2) is 8.42 Å². The number of aryl methyl sites for hydroxylation is 3. The molecule has 24 heavy (non-hydrogen) atoms. The van der Waals surface area contributed by atoms with Crippen molar-refractivity contribution in [3.63, 3.8) is 0 Å². The molecule has 1 atom stereocenters. The molecule has 1 aliphatic rings. The second-order valence-corrected chi connectivity index (χ2v) is 8.81. The Morgan fingerprint density at radius 2 is 2.08 bits per heavy atom. The lowest BCUT2D eigenvalue weighted by atomic mass is 10.1. The van der Waals surface area contributed by atoms with Crippen molar-refractivity contribution < 1.29 is 8.42 Å². The molecule has 0 amide bonds. The van der Waals surface area contributed by atoms with Gasteiger partial charge in [0.25, 0.3) is 0 Å². The molecule has 0 spiro atoms. The first-order valence-corrected chi connectivity index (χ1v) is 10.0. The summed E-state index contributed by atoms with van der Waals surface area (Å²) in [5, 5.41) is 4.25. The van der Waals surface area contributed by atoms with Crippen LogP contribution < -0.4 is 0 Å². The maximum absolute atomic E-state index is 12.8. The fraction of sp³-hybridized carbons (Fsp3) is 0.500. The van der Waals surface area contributed by atoms with Gasteiger partial charge in [-0.05, 0) is 50.4 Å². The number of rotatable bonds is 5. The van der Waals surface area contributed by atoms with Crippen molar-refractivity contribution in [2.45, 2.75) is 37.6 Å². The third kappa shape index (κ3) is 3.54. The molecule has 0 unspecified atom stereocenters. The number of hydrogen-bond donors (Lipinski definition) is 0. The number of benzene rings is 1. The maximum atomic E-state index is 12.8. The Kier molecular flexibility index (Phi) is 4.78. The predicted molar refractivity (Wildman–Crippen MR) is 94.7 cm³/mol. The molecule has 3 rings (SSSR count). The Morgan fingerprint density at radius 1 is 1.29 bits per heavy atom. The van der Waals surface area contributed by atoms with Gasteiger partial charge in [-0.15, -0.1) is 0 Å². The van der Waals surface area contributed by atoms with Crippen LogP contribution in [0, 0.1) is 13.8 Å². The van der Waals surface area contributed by atoms with E-state index in [1.165, 1.54) is 5.56 Å². The quantitative estimate of drug-likeness (QED) is 0.834. The van der Waals surface area contributed by atoms with Gasteiger partial charge < -0.3 is 0 Å². The van der Waals surface area contributed by atoms with Crippen LogP contribution in [0.2, 0.25) is 0 Å². The predicted octanol–water partition coefficient (Wildman–Crippen LogP) is 2.65. The lowest BCUT2D eigenvalue weighted by Crippen LogP contribution is -2.29. The van der Waals surface area contributed by atoms with Gasteiger partial charge >= 0.3 is 0 Å². The molecule has 2 heterocycles. The largest absolute Gasteiger partial charge is 0.295 e. The van der Waals surface area contributed by atoms with E-state index < -0.39 is 9.84 Å². The van der Waals surface area contributed by atoms with Gasteiger partial charge in [0.1, 0.15) is 0 Å². The van der Waals surface area contributed by atoms with Crippen LogP contribution in [0.5, 0.6) is 0 Å². The zero-order chi connectivity index (χ0) is 17.3. The van der Waals surface area contributed by atoms with Gasteiger partial charge in [0, 0.05) is 31.4 Å². The molecular formula is C18H25N3O2S. The van der Waals surface area contributed by atoms with Crippen molar-refractivity contribution in [2.24, 2.45) is 7.05 Å². The zero-order valence-corrected chi connectivity index (χ0v) is 15.4. The summed E-state index contributed by atoms with van der Waals surface area (Å²) in [5.74, 6) is 0.161. The Balaban J connectivity index is 1.73. The van der Waals surface area contributed by atoms with Crippen molar-refractivity contribution in [2.75, 3.05) is 18.8 Å². The van der Waals surface area contributed by atoms with Crippen LogP contribution in [0.1, 0.15) is 35.6 Å². The molecule has 0 saturated carbocycles. The summed E-state index contributed by atoms with van der Waals surface area (Å²) >= 11 is 0. The van der Waals surface area contributed by atoms with E-state index in [9.17, 15) is 8.42 Å². The fourth-order valence-electron chi connectivity index (χ4n) is 3.47. The summed E-state index contributed by atoms with van der Waals surface area (Å²) in [4.78, 5) is 2.75. The minimum absolute atomic E-state index is 0.161. The van der Waals surface area contributed by atoms with E-state index in [1.54, 1.807) is 10.7 Å². The second kappa shape index (κ2) is 6.69. The maximum Gasteiger partial charge on any atom is 0.179 e. The molecule has 5 nitrogen and oxygen atoms in total. The molecule has 6 heteroatoms. The Labute approximate surface area is 144 Å². The molecule has 1 aliphatic heterocycles. The zero-order valence-electron chi connectivity index (χ0n) is 14.6. The van der Waals surface area contributed by atoms with E-state index in [4.69, 9.17) is 0 Å². The smallest absolute Gasteiger partial charge is 0.179 e. The van der Waals surface area contributed by atoms with Crippen molar-refractivity contribution in [1.82, 2.24) is 14.7 Å². The minimum Gasteiger partial charge on any atom is -0.295 e. The van der Waals surface area contributed by atoms with E-state index in [0.717, 1.165) is 30.5 Å². The second-order valence-electron chi connectivity index (χ2n) is 6.73. The highest BCUT2D eigenvalue weighted by Crippen LogP contribution is 2.31. The third-order valence-electron chi connectivity index (χ3n) is 4.80. The van der Waals surface area contributed by atoms with Crippen LogP contribution in [0.15, 0.2) is 35.5 Å². The van der Waals surface area contributed by atoms with Gasteiger partial charge in [0.2, 0.25) is 0 Å². The van der Waals surface area contributed by atoms with Crippen LogP contribution in [0.25, 0.3) is 0 Å². The van der Waals surface area contributed by atoms with E-state index in [-0.39, 0.29) is 11.8 Å². The summed E-state index contributed by atoms with van der Waals surface area (Å²) in [7, 11) is -1.35. The monoisotopic (exact) mass is 347 g/mol. The highest BCUT2D eigenvalue weighted by Gasteiger charge is 2.28. The molecular weight excluding hydrogens is 322 g/mol. The van der Waals surface area contributed by atoms with E-state index in [1.807, 2.05) is 45.4 Å². The van der Waals surface area contributed by atoms with Crippen LogP contribution >= 0.6 is 0 Å². The molecule has 130 valence electrons. The summed E-state index contributed by atoms with van der Waals surface area (Å²) in [6.45, 7) is 5.30. The summed E-state index contributed by atoms with van der Waals surface area (Å²) in [6.07, 6.45) is 6.09. The van der Waals surface area contributed by atoms with Crippen LogP contribution in [-0.2, 0) is 16.9 Å². The average Bonchev–Trinajstić information content (AvgIpc) is 3.16. The minimum atomic E-state index is -3.26. The van der Waals surface area contributed by atoms with Crippen molar-refractivity contribution in [3.8, 4) is 0 Å². The first kappa shape index (κ1) is 17.2. The molecule has 0 radical (unpaired) electrons. The van der Waals surface area contributed by atoms with E-state index in [2.05, 4.69) is 10.00 Å². The number of sulfone groups is 1. The number of nitrogens with zero attached hydrogens (tertiary/aromatic N) is 3. The van der Waals surface area contributed by atoms with Gasteiger partial charge in [0.05, 0.1) is 16.8 Å². The summed E-state index contributed by atoms with van der Waals surface area (Å²) in [6, 6.07) is 5.91. The van der Waals surface area contributed by atoms with Crippen molar-refractivity contribution >= 4 is 9.84 Å². The number of aromatic nitrogens is 2. The standard InChI is InChI=1S/C18H25N3O2S/c1-14-6-7-15(2)18(11-14)24(22,23)10-9-21-8-4-5-17(21)16-12-19-20(3)13-16/h6-7,11-13,17H,4-5,8-10H2,1-3H3/t17-/m1/s1. The molecule has 1 fully saturated rings. The Hall–Kier alpha value is -1.66. The Morgan fingerprint density at radius 3 is 2.79 bits per heavy atom. The molecule has 0 bridgehead atoms. The van der Waals surface area contributed by atoms with Crippen molar-refractivity contribution in [3.05, 3.63) is 47.3 Å². The molecule has 0 N–H and O–H groups in total.